The van der Waals surface area contributed by atoms with Gasteiger partial charge < -0.3 is 5.32 Å². The number of nitrogens with one attached hydrogen (secondary N) is 1. The fraction of sp³-hybridized carbons (Fsp3) is 0.300. The van der Waals surface area contributed by atoms with E-state index in [9.17, 15) is 19.7 Å². The van der Waals surface area contributed by atoms with Crippen LogP contribution in [0.15, 0.2) is 42.5 Å². The summed E-state index contributed by atoms with van der Waals surface area (Å²) < 4.78 is 0. The van der Waals surface area contributed by atoms with Crippen LogP contribution in [0.5, 0.6) is 0 Å². The normalized spacial score (nSPS) is 12.9. The van der Waals surface area contributed by atoms with Crippen LogP contribution in [0, 0.1) is 10.1 Å². The third kappa shape index (κ3) is 4.14. The van der Waals surface area contributed by atoms with Gasteiger partial charge >= 0.3 is 0 Å². The Morgan fingerprint density at radius 3 is 2.50 bits per heavy atom. The lowest BCUT2D eigenvalue weighted by Crippen LogP contribution is -2.14. The number of amides is 1. The Hall–Kier alpha value is -3.02. The predicted octanol–water partition coefficient (Wildman–Crippen LogP) is 4.08. The molecule has 0 atom stereocenters. The summed E-state index contributed by atoms with van der Waals surface area (Å²) in [6.45, 7) is 0. The molecule has 1 aliphatic carbocycles. The second-order valence-electron chi connectivity index (χ2n) is 6.44. The quantitative estimate of drug-likeness (QED) is 0.482. The van der Waals surface area contributed by atoms with E-state index in [2.05, 4.69) is 5.32 Å². The average Bonchev–Trinajstić information content (AvgIpc) is 2.66. The van der Waals surface area contributed by atoms with Gasteiger partial charge in [0.2, 0.25) is 5.91 Å². The SMILES string of the molecule is O=C(CCC(=O)c1ccc2c(c1)CCCC2)Nc1ccccc1[N+](=O)[O-]. The van der Waals surface area contributed by atoms with Crippen molar-refractivity contribution in [2.75, 3.05) is 5.32 Å². The third-order valence-corrected chi connectivity index (χ3v) is 4.62. The molecule has 6 nitrogen and oxygen atoms in total. The van der Waals surface area contributed by atoms with Crippen molar-refractivity contribution >= 4 is 23.1 Å². The third-order valence-electron chi connectivity index (χ3n) is 4.62. The lowest BCUT2D eigenvalue weighted by atomic mass is 9.89. The summed E-state index contributed by atoms with van der Waals surface area (Å²) in [5.41, 5.74) is 3.14. The van der Waals surface area contributed by atoms with Crippen molar-refractivity contribution in [3.63, 3.8) is 0 Å². The number of carbonyl (C=O) groups excluding carboxylic acids is 2. The van der Waals surface area contributed by atoms with Gasteiger partial charge in [-0.3, -0.25) is 19.7 Å². The molecule has 0 radical (unpaired) electrons. The smallest absolute Gasteiger partial charge is 0.292 e. The number of nitro benzene ring substituents is 1. The van der Waals surface area contributed by atoms with Crippen LogP contribution in [0.3, 0.4) is 0 Å². The maximum absolute atomic E-state index is 12.4. The molecule has 134 valence electrons. The van der Waals surface area contributed by atoms with Gasteiger partial charge in [-0.05, 0) is 48.9 Å². The largest absolute Gasteiger partial charge is 0.320 e. The number of rotatable bonds is 6. The Morgan fingerprint density at radius 1 is 1.00 bits per heavy atom. The zero-order chi connectivity index (χ0) is 18.5. The standard InChI is InChI=1S/C20H20N2O4/c23-19(16-10-9-14-5-1-2-6-15(14)13-16)11-12-20(24)21-17-7-3-4-8-18(17)22(25)26/h3-4,7-10,13H,1-2,5-6,11-12H2,(H,21,24). The van der Waals surface area contributed by atoms with Gasteiger partial charge in [-0.15, -0.1) is 0 Å². The summed E-state index contributed by atoms with van der Waals surface area (Å²) in [5, 5.41) is 13.5. The molecule has 3 rings (SSSR count). The number of hydrogen-bond acceptors (Lipinski definition) is 4. The van der Waals surface area contributed by atoms with Crippen LogP contribution < -0.4 is 5.32 Å². The van der Waals surface area contributed by atoms with Gasteiger partial charge in [0.15, 0.2) is 5.78 Å². The van der Waals surface area contributed by atoms with E-state index < -0.39 is 10.8 Å². The molecule has 0 saturated carbocycles. The number of hydrogen-bond donors (Lipinski definition) is 1. The molecule has 1 amide bonds. The van der Waals surface area contributed by atoms with Crippen molar-refractivity contribution in [1.82, 2.24) is 0 Å². The minimum atomic E-state index is -0.548. The van der Waals surface area contributed by atoms with Crippen molar-refractivity contribution in [3.8, 4) is 0 Å². The van der Waals surface area contributed by atoms with E-state index >= 15 is 0 Å². The topological polar surface area (TPSA) is 89.3 Å². The van der Waals surface area contributed by atoms with E-state index in [1.54, 1.807) is 6.07 Å². The first-order valence-electron chi connectivity index (χ1n) is 8.73. The highest BCUT2D eigenvalue weighted by Gasteiger charge is 2.17. The van der Waals surface area contributed by atoms with E-state index in [0.717, 1.165) is 19.3 Å². The average molecular weight is 352 g/mol. The first-order valence-corrected chi connectivity index (χ1v) is 8.73. The molecule has 0 saturated heterocycles. The Balaban J connectivity index is 1.59. The Bertz CT molecular complexity index is 861. The summed E-state index contributed by atoms with van der Waals surface area (Å²) in [7, 11) is 0. The van der Waals surface area contributed by atoms with Crippen molar-refractivity contribution in [1.29, 1.82) is 0 Å². The molecular weight excluding hydrogens is 332 g/mol. The number of anilines is 1. The lowest BCUT2D eigenvalue weighted by Gasteiger charge is -2.16. The Labute approximate surface area is 151 Å². The van der Waals surface area contributed by atoms with E-state index in [0.29, 0.717) is 5.56 Å². The first-order chi connectivity index (χ1) is 12.5. The number of nitrogens with zero attached hydrogens (tertiary/aromatic N) is 1. The molecule has 0 bridgehead atoms. The van der Waals surface area contributed by atoms with Gasteiger partial charge in [0.25, 0.3) is 5.69 Å². The molecule has 2 aromatic carbocycles. The number of benzene rings is 2. The van der Waals surface area contributed by atoms with Crippen LogP contribution in [0.2, 0.25) is 0 Å². The number of para-hydroxylation sites is 2. The molecule has 0 heterocycles. The van der Waals surface area contributed by atoms with Crippen molar-refractivity contribution < 1.29 is 14.5 Å². The number of nitro groups is 1. The van der Waals surface area contributed by atoms with Crippen LogP contribution in [0.1, 0.15) is 47.2 Å². The molecule has 2 aromatic rings. The molecule has 1 aliphatic rings. The van der Waals surface area contributed by atoms with Crippen molar-refractivity contribution in [2.24, 2.45) is 0 Å². The van der Waals surface area contributed by atoms with Crippen LogP contribution in [0.4, 0.5) is 11.4 Å². The van der Waals surface area contributed by atoms with Crippen LogP contribution in [-0.2, 0) is 17.6 Å². The summed E-state index contributed by atoms with van der Waals surface area (Å²) in [6.07, 6.45) is 4.44. The van der Waals surface area contributed by atoms with Gasteiger partial charge in [0.1, 0.15) is 5.69 Å². The van der Waals surface area contributed by atoms with Crippen molar-refractivity contribution in [3.05, 3.63) is 69.3 Å². The monoisotopic (exact) mass is 352 g/mol. The van der Waals surface area contributed by atoms with Gasteiger partial charge in [-0.2, -0.15) is 0 Å². The first kappa shape index (κ1) is 17.8. The fourth-order valence-corrected chi connectivity index (χ4v) is 3.23. The molecule has 6 heteroatoms. The van der Waals surface area contributed by atoms with Gasteiger partial charge in [-0.1, -0.05) is 24.3 Å². The summed E-state index contributed by atoms with van der Waals surface area (Å²) in [5.74, 6) is -0.498. The van der Waals surface area contributed by atoms with Crippen molar-refractivity contribution in [2.45, 2.75) is 38.5 Å². The molecule has 0 spiro atoms. The molecule has 0 aliphatic heterocycles. The second-order valence-corrected chi connectivity index (χ2v) is 6.44. The van der Waals surface area contributed by atoms with Gasteiger partial charge in [0, 0.05) is 24.5 Å². The maximum atomic E-state index is 12.4. The molecular formula is C20H20N2O4. The second kappa shape index (κ2) is 7.91. The molecule has 0 aromatic heterocycles. The minimum absolute atomic E-state index is 0.0119. The van der Waals surface area contributed by atoms with E-state index in [4.69, 9.17) is 0 Å². The molecule has 26 heavy (non-hydrogen) atoms. The predicted molar refractivity (Wildman–Crippen MR) is 98.4 cm³/mol. The minimum Gasteiger partial charge on any atom is -0.320 e. The number of ketones is 1. The lowest BCUT2D eigenvalue weighted by molar-refractivity contribution is -0.383. The van der Waals surface area contributed by atoms with Gasteiger partial charge in [-0.25, -0.2) is 0 Å². The summed E-state index contributed by atoms with van der Waals surface area (Å²) >= 11 is 0. The number of carbonyl (C=O) groups is 2. The molecule has 0 fully saturated rings. The number of Topliss-reactive ketones (excluding diaryl/α,β-unsaturated/α-hetero) is 1. The van der Waals surface area contributed by atoms with E-state index in [1.165, 1.54) is 35.7 Å². The van der Waals surface area contributed by atoms with E-state index in [1.807, 2.05) is 18.2 Å². The highest BCUT2D eigenvalue weighted by Crippen LogP contribution is 2.24. The molecule has 1 N–H and O–H groups in total. The zero-order valence-corrected chi connectivity index (χ0v) is 14.4. The Morgan fingerprint density at radius 2 is 1.73 bits per heavy atom. The summed E-state index contributed by atoms with van der Waals surface area (Å²) in [4.78, 5) is 34.9. The summed E-state index contributed by atoms with van der Waals surface area (Å²) in [6, 6.07) is 11.7. The highest BCUT2D eigenvalue weighted by atomic mass is 16.6. The maximum Gasteiger partial charge on any atom is 0.292 e. The van der Waals surface area contributed by atoms with Gasteiger partial charge in [0.05, 0.1) is 4.92 Å². The Kier molecular flexibility index (Phi) is 5.41. The highest BCUT2D eigenvalue weighted by molar-refractivity contribution is 6.00. The van der Waals surface area contributed by atoms with E-state index in [-0.39, 0.29) is 30.0 Å². The number of aryl methyl sites for hydroxylation is 2. The van der Waals surface area contributed by atoms with Crippen LogP contribution >= 0.6 is 0 Å². The van der Waals surface area contributed by atoms with Crippen LogP contribution in [0.25, 0.3) is 0 Å². The van der Waals surface area contributed by atoms with Crippen LogP contribution in [-0.4, -0.2) is 16.6 Å². The zero-order valence-electron chi connectivity index (χ0n) is 14.4. The molecule has 0 unspecified atom stereocenters. The number of fused-ring (bicyclic) bond motifs is 1. The fourth-order valence-electron chi connectivity index (χ4n) is 3.23.